The Hall–Kier alpha value is 1.36. The maximum absolute atomic E-state index is 9.07. The van der Waals surface area contributed by atoms with Crippen LogP contribution in [0, 0.1) is 0 Å². The van der Waals surface area contributed by atoms with Crippen molar-refractivity contribution in [3.8, 4) is 0 Å². The van der Waals surface area contributed by atoms with Crippen LogP contribution < -0.4 is 29.6 Å². The van der Waals surface area contributed by atoms with Gasteiger partial charge in [0.05, 0.1) is 0 Å². The van der Waals surface area contributed by atoms with Gasteiger partial charge in [0.25, 0.3) is 0 Å². The van der Waals surface area contributed by atoms with E-state index >= 15 is 0 Å². The SMILES string of the molecule is O=S([O-])[N-]Cl.[Na+]. The zero-order valence-corrected chi connectivity index (χ0v) is 6.62. The summed E-state index contributed by atoms with van der Waals surface area (Å²) in [5.41, 5.74) is 0. The molecule has 0 saturated heterocycles. The molecule has 0 radical (unpaired) electrons. The van der Waals surface area contributed by atoms with E-state index in [0.29, 0.717) is 0 Å². The minimum atomic E-state index is -2.43. The Kier molecular flexibility index (Phi) is 11.0. The van der Waals surface area contributed by atoms with Gasteiger partial charge in [0.1, 0.15) is 0 Å². The van der Waals surface area contributed by atoms with Crippen LogP contribution in [0.5, 0.6) is 0 Å². The van der Waals surface area contributed by atoms with Crippen molar-refractivity contribution in [3.05, 3.63) is 4.24 Å². The molecule has 0 amide bonds. The third-order valence-electron chi connectivity index (χ3n) is 0.0563. The Bertz CT molecular complexity index is 48.8. The summed E-state index contributed by atoms with van der Waals surface area (Å²) in [6.45, 7) is 0. The van der Waals surface area contributed by atoms with Crippen molar-refractivity contribution in [2.45, 2.75) is 0 Å². The van der Waals surface area contributed by atoms with E-state index < -0.39 is 11.3 Å². The van der Waals surface area contributed by atoms with E-state index in [1.54, 1.807) is 0 Å². The molecule has 6 heavy (non-hydrogen) atoms. The second-order valence-corrected chi connectivity index (χ2v) is 1.27. The molecule has 0 N–H and O–H groups in total. The molecule has 0 spiro atoms. The van der Waals surface area contributed by atoms with Crippen LogP contribution in [0.4, 0.5) is 0 Å². The predicted molar refractivity (Wildman–Crippen MR) is 18.1 cm³/mol. The fraction of sp³-hybridized carbons (Fsp3) is 0. The van der Waals surface area contributed by atoms with Gasteiger partial charge in [-0.25, -0.2) is 0 Å². The maximum atomic E-state index is 9.07. The third-order valence-corrected chi connectivity index (χ3v) is 0.507. The molecule has 0 aromatic heterocycles. The first kappa shape index (κ1) is 10.4. The zero-order valence-electron chi connectivity index (χ0n) is 3.05. The summed E-state index contributed by atoms with van der Waals surface area (Å²) in [5.74, 6) is 0. The van der Waals surface area contributed by atoms with Crippen molar-refractivity contribution in [1.82, 2.24) is 0 Å². The van der Waals surface area contributed by atoms with Crippen LogP contribution >= 0.6 is 11.8 Å². The monoisotopic (exact) mass is 136 g/mol. The van der Waals surface area contributed by atoms with E-state index in [9.17, 15) is 0 Å². The molecule has 0 bridgehead atoms. The Morgan fingerprint density at radius 2 is 2.00 bits per heavy atom. The summed E-state index contributed by atoms with van der Waals surface area (Å²) in [6, 6.07) is 0. The van der Waals surface area contributed by atoms with Crippen molar-refractivity contribution >= 4 is 23.0 Å². The van der Waals surface area contributed by atoms with Crippen LogP contribution in [0.2, 0.25) is 0 Å². The molecule has 0 aromatic rings. The summed E-state index contributed by atoms with van der Waals surface area (Å²) >= 11 is 1.92. The van der Waals surface area contributed by atoms with Gasteiger partial charge in [-0.3, -0.25) is 16.0 Å². The Morgan fingerprint density at radius 1 is 1.83 bits per heavy atom. The topological polar surface area (TPSA) is 54.2 Å². The molecule has 0 fully saturated rings. The van der Waals surface area contributed by atoms with E-state index in [-0.39, 0.29) is 29.6 Å². The van der Waals surface area contributed by atoms with E-state index in [2.05, 4.69) is 16.0 Å². The molecule has 0 saturated carbocycles. The van der Waals surface area contributed by atoms with Crippen molar-refractivity contribution in [3.63, 3.8) is 0 Å². The molecule has 32 valence electrons. The number of hydrogen-bond acceptors (Lipinski definition) is 2. The van der Waals surface area contributed by atoms with Crippen LogP contribution in [-0.2, 0) is 11.3 Å². The van der Waals surface area contributed by atoms with Gasteiger partial charge in [-0.1, -0.05) is 0 Å². The molecule has 1 atom stereocenters. The molecule has 0 aliphatic carbocycles. The van der Waals surface area contributed by atoms with Gasteiger partial charge in [0.2, 0.25) is 0 Å². The summed E-state index contributed by atoms with van der Waals surface area (Å²) in [5, 5.41) is 0. The van der Waals surface area contributed by atoms with Crippen LogP contribution in [-0.4, -0.2) is 8.76 Å². The van der Waals surface area contributed by atoms with Crippen molar-refractivity contribution in [2.24, 2.45) is 0 Å². The van der Waals surface area contributed by atoms with E-state index in [0.717, 1.165) is 0 Å². The summed E-state index contributed by atoms with van der Waals surface area (Å²) in [7, 11) is 0. The largest absolute Gasteiger partial charge is 1.00 e. The summed E-state index contributed by atoms with van der Waals surface area (Å²) in [4.78, 5) is 0. The van der Waals surface area contributed by atoms with E-state index in [1.807, 2.05) is 0 Å². The van der Waals surface area contributed by atoms with Gasteiger partial charge in [-0.15, -0.1) is 0 Å². The van der Waals surface area contributed by atoms with Crippen molar-refractivity contribution < 1.29 is 38.3 Å². The molecule has 0 rings (SSSR count). The number of nitrogens with zero attached hydrogens (tertiary/aromatic N) is 1. The Balaban J connectivity index is 0. The van der Waals surface area contributed by atoms with Gasteiger partial charge in [-0.05, 0) is 0 Å². The number of halogens is 1. The van der Waals surface area contributed by atoms with Gasteiger partial charge in [0, 0.05) is 0 Å². The number of rotatable bonds is 1. The molecule has 0 heterocycles. The second kappa shape index (κ2) is 6.36. The smallest absolute Gasteiger partial charge is 0.788 e. The molecule has 6 heteroatoms. The average Bonchev–Trinajstić information content (AvgIpc) is 1.38. The fourth-order valence-corrected chi connectivity index (χ4v) is 0. The summed E-state index contributed by atoms with van der Waals surface area (Å²) < 4.78 is 20.4. The van der Waals surface area contributed by atoms with E-state index in [4.69, 9.17) is 8.76 Å². The zero-order chi connectivity index (χ0) is 4.28. The van der Waals surface area contributed by atoms with Gasteiger partial charge in [-0.2, -0.15) is 11.3 Å². The quantitative estimate of drug-likeness (QED) is 0.291. The van der Waals surface area contributed by atoms with Crippen LogP contribution in [0.1, 0.15) is 0 Å². The minimum Gasteiger partial charge on any atom is -0.788 e. The maximum Gasteiger partial charge on any atom is 1.00 e. The molecule has 0 aromatic carbocycles. The van der Waals surface area contributed by atoms with Gasteiger partial charge >= 0.3 is 29.6 Å². The minimum absolute atomic E-state index is 0. The first-order valence-corrected chi connectivity index (χ1v) is 2.05. The van der Waals surface area contributed by atoms with Crippen molar-refractivity contribution in [1.29, 1.82) is 0 Å². The average molecular weight is 137 g/mol. The van der Waals surface area contributed by atoms with E-state index in [1.165, 1.54) is 0 Å². The Labute approximate surface area is 65.3 Å². The normalized spacial score (nSPS) is 12.3. The van der Waals surface area contributed by atoms with Gasteiger partial charge in [0.15, 0.2) is 0 Å². The second-order valence-electron chi connectivity index (χ2n) is 0.286. The Morgan fingerprint density at radius 3 is 2.00 bits per heavy atom. The molecule has 3 nitrogen and oxygen atoms in total. The molecule has 0 aliphatic rings. The first-order valence-electron chi connectivity index (χ1n) is 0.685. The van der Waals surface area contributed by atoms with Gasteiger partial charge < -0.3 is 8.79 Å². The standard InChI is InChI=1S/ClHNO2S.Na/c1-2-5(3)4;/h(H,3,4);/q-1;+1/p-1. The number of hydrogen-bond donors (Lipinski definition) is 0. The third kappa shape index (κ3) is 9.03. The molecular formula is ClNNaO2S-. The fourth-order valence-electron chi connectivity index (χ4n) is 0. The van der Waals surface area contributed by atoms with Crippen LogP contribution in [0.25, 0.3) is 4.24 Å². The predicted octanol–water partition coefficient (Wildman–Crippen LogP) is -2.69. The first-order chi connectivity index (χ1) is 2.27. The molecule has 0 aliphatic heterocycles. The van der Waals surface area contributed by atoms with Crippen molar-refractivity contribution in [2.75, 3.05) is 0 Å². The van der Waals surface area contributed by atoms with Crippen LogP contribution in [0.15, 0.2) is 0 Å². The summed E-state index contributed by atoms with van der Waals surface area (Å²) in [6.07, 6.45) is 0. The van der Waals surface area contributed by atoms with Crippen LogP contribution in [0.3, 0.4) is 0 Å². The molecule has 1 unspecified atom stereocenters. The molecular weight excluding hydrogens is 137 g/mol.